The molecule has 15 heavy (non-hydrogen) atoms. The zero-order chi connectivity index (χ0) is 11.3. The van der Waals surface area contributed by atoms with E-state index >= 15 is 0 Å². The Morgan fingerprint density at radius 1 is 1.33 bits per heavy atom. The van der Waals surface area contributed by atoms with Gasteiger partial charge in [0.2, 0.25) is 0 Å². The second-order valence-electron chi connectivity index (χ2n) is 4.24. The van der Waals surface area contributed by atoms with Crippen LogP contribution in [0, 0.1) is 6.92 Å². The Kier molecular flexibility index (Phi) is 4.90. The third-order valence-electron chi connectivity index (χ3n) is 2.61. The maximum Gasteiger partial charge on any atom is 0.0408 e. The molecule has 82 valence electrons. The molecule has 1 aromatic rings. The van der Waals surface area contributed by atoms with E-state index in [0.717, 1.165) is 17.9 Å². The number of hydrogen-bond donors (Lipinski definition) is 0. The van der Waals surface area contributed by atoms with Gasteiger partial charge in [-0.15, -0.1) is 6.58 Å². The van der Waals surface area contributed by atoms with Gasteiger partial charge in [-0.25, -0.2) is 0 Å². The normalized spacial score (nSPS) is 10.3. The second-order valence-corrected chi connectivity index (χ2v) is 4.67. The molecule has 0 spiro atoms. The molecule has 1 aromatic carbocycles. The van der Waals surface area contributed by atoms with E-state index in [0.29, 0.717) is 0 Å². The minimum Gasteiger partial charge on any atom is -0.100 e. The molecule has 0 aliphatic rings. The van der Waals surface area contributed by atoms with Crippen molar-refractivity contribution in [2.45, 2.75) is 39.5 Å². The summed E-state index contributed by atoms with van der Waals surface area (Å²) < 4.78 is 0. The lowest BCUT2D eigenvalue weighted by atomic mass is 10.0. The summed E-state index contributed by atoms with van der Waals surface area (Å²) in [5, 5.41) is 0.843. The number of allylic oxidation sites excluding steroid dienone is 1. The molecule has 0 bridgehead atoms. The van der Waals surface area contributed by atoms with E-state index in [1.807, 2.05) is 6.07 Å². The van der Waals surface area contributed by atoms with Gasteiger partial charge in [0.25, 0.3) is 0 Å². The topological polar surface area (TPSA) is 0 Å². The van der Waals surface area contributed by atoms with E-state index in [2.05, 4.69) is 32.6 Å². The second kappa shape index (κ2) is 5.97. The summed E-state index contributed by atoms with van der Waals surface area (Å²) >= 11 is 5.97. The number of hydrogen-bond acceptors (Lipinski definition) is 0. The Labute approximate surface area is 98.0 Å². The molecule has 0 aliphatic carbocycles. The smallest absolute Gasteiger partial charge is 0.0408 e. The molecule has 0 heterocycles. The quantitative estimate of drug-likeness (QED) is 0.489. The maximum absolute atomic E-state index is 5.97. The third-order valence-corrected chi connectivity index (χ3v) is 2.85. The predicted molar refractivity (Wildman–Crippen MR) is 68.6 cm³/mol. The van der Waals surface area contributed by atoms with Crippen molar-refractivity contribution < 1.29 is 0 Å². The number of unbranched alkanes of at least 4 members (excludes halogenated alkanes) is 1. The van der Waals surface area contributed by atoms with E-state index < -0.39 is 0 Å². The third kappa shape index (κ3) is 4.53. The average molecular weight is 223 g/mol. The van der Waals surface area contributed by atoms with Crippen LogP contribution in [0.5, 0.6) is 0 Å². The maximum atomic E-state index is 5.97. The first-order valence-corrected chi connectivity index (χ1v) is 5.87. The lowest BCUT2D eigenvalue weighted by Gasteiger charge is -2.06. The first-order chi connectivity index (χ1) is 7.09. The molecule has 0 saturated heterocycles. The zero-order valence-corrected chi connectivity index (χ0v) is 10.4. The first-order valence-electron chi connectivity index (χ1n) is 5.49. The highest BCUT2D eigenvalue weighted by Gasteiger charge is 1.99. The number of halogens is 1. The van der Waals surface area contributed by atoms with Gasteiger partial charge in [0.05, 0.1) is 0 Å². The monoisotopic (exact) mass is 222 g/mol. The zero-order valence-electron chi connectivity index (χ0n) is 9.65. The SMILES string of the molecule is C=C(C)CCCCc1cc(Cl)ccc1C. The Bertz CT molecular complexity index is 339. The van der Waals surface area contributed by atoms with E-state index in [1.165, 1.54) is 29.5 Å². The lowest BCUT2D eigenvalue weighted by molar-refractivity contribution is 0.728. The van der Waals surface area contributed by atoms with Crippen molar-refractivity contribution in [3.05, 3.63) is 46.5 Å². The van der Waals surface area contributed by atoms with Gasteiger partial charge in [0, 0.05) is 5.02 Å². The van der Waals surface area contributed by atoms with Crippen LogP contribution in [-0.4, -0.2) is 0 Å². The fraction of sp³-hybridized carbons (Fsp3) is 0.429. The molecule has 1 heteroatoms. The molecular weight excluding hydrogens is 204 g/mol. The van der Waals surface area contributed by atoms with Gasteiger partial charge in [-0.05, 0) is 62.8 Å². The highest BCUT2D eigenvalue weighted by atomic mass is 35.5. The number of aryl methyl sites for hydroxylation is 2. The van der Waals surface area contributed by atoms with Crippen molar-refractivity contribution in [3.63, 3.8) is 0 Å². The van der Waals surface area contributed by atoms with Crippen LogP contribution in [0.2, 0.25) is 5.02 Å². The molecule has 0 amide bonds. The summed E-state index contributed by atoms with van der Waals surface area (Å²) in [6, 6.07) is 6.13. The fourth-order valence-corrected chi connectivity index (χ4v) is 1.85. The van der Waals surface area contributed by atoms with Crippen LogP contribution in [0.1, 0.15) is 37.3 Å². The van der Waals surface area contributed by atoms with Crippen LogP contribution in [0.3, 0.4) is 0 Å². The summed E-state index contributed by atoms with van der Waals surface area (Å²) in [5.41, 5.74) is 4.00. The molecule has 0 aliphatic heterocycles. The van der Waals surface area contributed by atoms with E-state index in [1.54, 1.807) is 0 Å². The molecular formula is C14H19Cl. The van der Waals surface area contributed by atoms with Crippen molar-refractivity contribution >= 4 is 11.6 Å². The molecule has 0 atom stereocenters. The van der Waals surface area contributed by atoms with Gasteiger partial charge < -0.3 is 0 Å². The van der Waals surface area contributed by atoms with E-state index in [-0.39, 0.29) is 0 Å². The van der Waals surface area contributed by atoms with Crippen LogP contribution in [-0.2, 0) is 6.42 Å². The summed E-state index contributed by atoms with van der Waals surface area (Å²) in [4.78, 5) is 0. The summed E-state index contributed by atoms with van der Waals surface area (Å²) in [6.45, 7) is 8.14. The van der Waals surface area contributed by atoms with Crippen LogP contribution in [0.25, 0.3) is 0 Å². The molecule has 0 N–H and O–H groups in total. The minimum absolute atomic E-state index is 0.843. The Balaban J connectivity index is 2.43. The predicted octanol–water partition coefficient (Wildman–Crippen LogP) is 4.94. The van der Waals surface area contributed by atoms with Crippen molar-refractivity contribution in [2.75, 3.05) is 0 Å². The first kappa shape index (κ1) is 12.3. The van der Waals surface area contributed by atoms with Gasteiger partial charge in [0.1, 0.15) is 0 Å². The largest absolute Gasteiger partial charge is 0.100 e. The van der Waals surface area contributed by atoms with Crippen LogP contribution < -0.4 is 0 Å². The average Bonchev–Trinajstić information content (AvgIpc) is 2.17. The number of benzene rings is 1. The Hall–Kier alpha value is -0.750. The van der Waals surface area contributed by atoms with Crippen molar-refractivity contribution in [2.24, 2.45) is 0 Å². The van der Waals surface area contributed by atoms with Gasteiger partial charge in [0.15, 0.2) is 0 Å². The van der Waals surface area contributed by atoms with Crippen LogP contribution in [0.4, 0.5) is 0 Å². The van der Waals surface area contributed by atoms with Crippen LogP contribution in [0.15, 0.2) is 30.4 Å². The lowest BCUT2D eigenvalue weighted by Crippen LogP contribution is -1.90. The highest BCUT2D eigenvalue weighted by Crippen LogP contribution is 2.18. The van der Waals surface area contributed by atoms with E-state index in [4.69, 9.17) is 11.6 Å². The molecule has 0 saturated carbocycles. The highest BCUT2D eigenvalue weighted by molar-refractivity contribution is 6.30. The molecule has 0 radical (unpaired) electrons. The van der Waals surface area contributed by atoms with E-state index in [9.17, 15) is 0 Å². The molecule has 0 unspecified atom stereocenters. The minimum atomic E-state index is 0.843. The van der Waals surface area contributed by atoms with Gasteiger partial charge in [-0.1, -0.05) is 23.2 Å². The summed E-state index contributed by atoms with van der Waals surface area (Å²) in [6.07, 6.45) is 4.70. The van der Waals surface area contributed by atoms with Gasteiger partial charge in [-0.3, -0.25) is 0 Å². The Morgan fingerprint density at radius 3 is 2.73 bits per heavy atom. The van der Waals surface area contributed by atoms with Crippen molar-refractivity contribution in [1.29, 1.82) is 0 Å². The molecule has 0 aromatic heterocycles. The summed E-state index contributed by atoms with van der Waals surface area (Å²) in [7, 11) is 0. The standard InChI is InChI=1S/C14H19Cl/c1-11(2)6-4-5-7-13-10-14(15)9-8-12(13)3/h8-10H,1,4-7H2,2-3H3. The van der Waals surface area contributed by atoms with Crippen molar-refractivity contribution in [3.8, 4) is 0 Å². The van der Waals surface area contributed by atoms with Gasteiger partial charge in [-0.2, -0.15) is 0 Å². The molecule has 0 nitrogen and oxygen atoms in total. The number of rotatable bonds is 5. The fourth-order valence-electron chi connectivity index (χ4n) is 1.65. The van der Waals surface area contributed by atoms with Gasteiger partial charge >= 0.3 is 0 Å². The molecule has 1 rings (SSSR count). The van der Waals surface area contributed by atoms with Crippen LogP contribution >= 0.6 is 11.6 Å². The Morgan fingerprint density at radius 2 is 2.07 bits per heavy atom. The van der Waals surface area contributed by atoms with Crippen molar-refractivity contribution in [1.82, 2.24) is 0 Å². The molecule has 0 fully saturated rings. The summed E-state index contributed by atoms with van der Waals surface area (Å²) in [5.74, 6) is 0.